The summed E-state index contributed by atoms with van der Waals surface area (Å²) in [5.74, 6) is -4.12. The van der Waals surface area contributed by atoms with E-state index in [0.717, 1.165) is 5.56 Å². The zero-order valence-electron chi connectivity index (χ0n) is 23.1. The van der Waals surface area contributed by atoms with Gasteiger partial charge in [-0.25, -0.2) is 0 Å². The molecule has 2 fully saturated rings. The fraction of sp³-hybridized carbons (Fsp3) is 0.607. The number of rotatable bonds is 11. The molecule has 9 nitrogen and oxygen atoms in total. The Morgan fingerprint density at radius 1 is 1.08 bits per heavy atom. The first kappa shape index (κ1) is 30.9. The minimum absolute atomic E-state index is 0.184. The van der Waals surface area contributed by atoms with Crippen LogP contribution in [0.4, 0.5) is 0 Å². The monoisotopic (exact) mass is 580 g/mol. The minimum Gasteiger partial charge on any atom is -0.350 e. The van der Waals surface area contributed by atoms with Gasteiger partial charge in [0.05, 0.1) is 12.6 Å². The lowest BCUT2D eigenvalue weighted by molar-refractivity contribution is -0.146. The highest BCUT2D eigenvalue weighted by atomic mass is 35.5. The van der Waals surface area contributed by atoms with Gasteiger partial charge in [-0.15, -0.1) is 23.2 Å². The smallest absolute Gasteiger partial charge is 0.290 e. The predicted octanol–water partition coefficient (Wildman–Crippen LogP) is 2.59. The number of nitrogens with zero attached hydrogens (tertiary/aromatic N) is 1. The third kappa shape index (κ3) is 7.11. The zero-order valence-corrected chi connectivity index (χ0v) is 24.6. The Bertz CT molecular complexity index is 1100. The van der Waals surface area contributed by atoms with Crippen LogP contribution < -0.4 is 16.0 Å². The summed E-state index contributed by atoms with van der Waals surface area (Å²) in [6.45, 7) is 9.64. The van der Waals surface area contributed by atoms with Gasteiger partial charge in [-0.2, -0.15) is 0 Å². The molecule has 1 aliphatic carbocycles. The van der Waals surface area contributed by atoms with E-state index in [1.807, 2.05) is 65.0 Å². The van der Waals surface area contributed by atoms with Crippen LogP contribution in [0.15, 0.2) is 30.3 Å². The molecule has 1 heterocycles. The number of ketones is 1. The predicted molar refractivity (Wildman–Crippen MR) is 149 cm³/mol. The number of carbonyl (C=O) groups is 5. The number of likely N-dealkylation sites (tertiary alicyclic amines) is 1. The number of benzene rings is 1. The maximum Gasteiger partial charge on any atom is 0.290 e. The molecule has 0 spiro atoms. The maximum atomic E-state index is 13.5. The van der Waals surface area contributed by atoms with Crippen molar-refractivity contribution in [2.75, 3.05) is 13.1 Å². The van der Waals surface area contributed by atoms with E-state index in [1.165, 1.54) is 4.90 Å². The lowest BCUT2D eigenvalue weighted by Crippen LogP contribution is -2.56. The molecule has 0 radical (unpaired) electrons. The summed E-state index contributed by atoms with van der Waals surface area (Å²) in [6, 6.07) is 7.20. The van der Waals surface area contributed by atoms with Crippen molar-refractivity contribution >= 4 is 52.6 Å². The van der Waals surface area contributed by atoms with E-state index < -0.39 is 45.8 Å². The Morgan fingerprint density at radius 2 is 1.72 bits per heavy atom. The number of hydrogen-bond donors (Lipinski definition) is 3. The summed E-state index contributed by atoms with van der Waals surface area (Å²) >= 11 is 12.8. The zero-order chi connectivity index (χ0) is 29.1. The van der Waals surface area contributed by atoms with Gasteiger partial charge in [0, 0.05) is 30.8 Å². The van der Waals surface area contributed by atoms with Crippen LogP contribution in [0.2, 0.25) is 0 Å². The highest BCUT2D eigenvalue weighted by molar-refractivity contribution is 6.51. The second kappa shape index (κ2) is 12.3. The van der Waals surface area contributed by atoms with Crippen LogP contribution in [0.3, 0.4) is 0 Å². The van der Waals surface area contributed by atoms with E-state index >= 15 is 0 Å². The summed E-state index contributed by atoms with van der Waals surface area (Å²) in [5.41, 5.74) is 0.571. The largest absolute Gasteiger partial charge is 0.350 e. The maximum absolute atomic E-state index is 13.5. The number of alkyl halides is 2. The molecule has 5 atom stereocenters. The minimum atomic E-state index is -1.13. The molecule has 2 aliphatic rings. The average molecular weight is 582 g/mol. The van der Waals surface area contributed by atoms with Crippen molar-refractivity contribution in [2.45, 2.75) is 70.4 Å². The first-order valence-electron chi connectivity index (χ1n) is 13.3. The fourth-order valence-electron chi connectivity index (χ4n) is 4.83. The van der Waals surface area contributed by atoms with Gasteiger partial charge < -0.3 is 20.9 Å². The second-order valence-corrected chi connectivity index (χ2v) is 12.9. The molecule has 1 aromatic rings. The number of Topliss-reactive ketones (excluding diaryl/α,β-unsaturated/α-hetero) is 1. The standard InChI is InChI=1S/C28H38Cl2N4O5/c1-6-10-19(23(36)25(38)32-14-20(35)31-13-17-11-8-7-9-12-17)33-24(37)22-21-18(28(21,29)30)15-34(22)26(39)16(2)27(3,4)5/h7-9,11-12,16,18-19,21-22H,6,10,13-15H2,1-5H3,(H,31,35)(H,32,38)(H,33,37)/t16-,18+,19?,21+,22+/m1/s1. The Kier molecular flexibility index (Phi) is 9.70. The Labute approximate surface area is 239 Å². The van der Waals surface area contributed by atoms with Crippen LogP contribution in [-0.4, -0.2) is 63.8 Å². The lowest BCUT2D eigenvalue weighted by Gasteiger charge is -2.35. The van der Waals surface area contributed by atoms with Crippen LogP contribution in [0.25, 0.3) is 0 Å². The Morgan fingerprint density at radius 3 is 2.31 bits per heavy atom. The molecule has 0 bridgehead atoms. The molecule has 39 heavy (non-hydrogen) atoms. The second-order valence-electron chi connectivity index (χ2n) is 11.5. The number of hydrogen-bond acceptors (Lipinski definition) is 5. The molecule has 4 amide bonds. The van der Waals surface area contributed by atoms with Crippen molar-refractivity contribution in [1.29, 1.82) is 0 Å². The molecule has 11 heteroatoms. The molecular weight excluding hydrogens is 543 g/mol. The molecule has 1 saturated heterocycles. The number of fused-ring (bicyclic) bond motifs is 1. The van der Waals surface area contributed by atoms with Gasteiger partial charge in [0.2, 0.25) is 23.5 Å². The highest BCUT2D eigenvalue weighted by Gasteiger charge is 2.74. The summed E-state index contributed by atoms with van der Waals surface area (Å²) in [6.07, 6.45) is 0.717. The molecular formula is C28H38Cl2N4O5. The van der Waals surface area contributed by atoms with Gasteiger partial charge >= 0.3 is 0 Å². The normalized spacial score (nSPS) is 22.7. The number of carbonyl (C=O) groups excluding carboxylic acids is 5. The van der Waals surface area contributed by atoms with E-state index in [0.29, 0.717) is 6.42 Å². The summed E-state index contributed by atoms with van der Waals surface area (Å²) in [7, 11) is 0. The first-order valence-corrected chi connectivity index (χ1v) is 14.1. The molecule has 1 saturated carbocycles. The van der Waals surface area contributed by atoms with Gasteiger partial charge in [-0.1, -0.05) is 71.4 Å². The van der Waals surface area contributed by atoms with E-state index in [-0.39, 0.29) is 49.2 Å². The Balaban J connectivity index is 1.62. The van der Waals surface area contributed by atoms with Crippen molar-refractivity contribution in [3.8, 4) is 0 Å². The van der Waals surface area contributed by atoms with Crippen molar-refractivity contribution in [1.82, 2.24) is 20.9 Å². The third-order valence-corrected chi connectivity index (χ3v) is 8.79. The van der Waals surface area contributed by atoms with Crippen LogP contribution in [0, 0.1) is 23.2 Å². The number of halogens is 2. The summed E-state index contributed by atoms with van der Waals surface area (Å²) in [4.78, 5) is 66.0. The number of amides is 4. The van der Waals surface area contributed by atoms with Crippen molar-refractivity contribution in [3.63, 3.8) is 0 Å². The van der Waals surface area contributed by atoms with Crippen LogP contribution >= 0.6 is 23.2 Å². The first-order chi connectivity index (χ1) is 18.2. The molecule has 1 aliphatic heterocycles. The van der Waals surface area contributed by atoms with Gasteiger partial charge in [0.15, 0.2) is 0 Å². The van der Waals surface area contributed by atoms with Crippen molar-refractivity contribution in [2.24, 2.45) is 23.2 Å². The van der Waals surface area contributed by atoms with E-state index in [1.54, 1.807) is 0 Å². The molecule has 214 valence electrons. The van der Waals surface area contributed by atoms with Gasteiger partial charge in [-0.05, 0) is 17.4 Å². The van der Waals surface area contributed by atoms with E-state index in [9.17, 15) is 24.0 Å². The SMILES string of the molecule is CCCC(NC(=O)[C@@H]1[C@@H]2[C@H](CN1C(=O)[C@@H](C)C(C)(C)C)C2(Cl)Cl)C(=O)C(=O)NCC(=O)NCc1ccccc1. The fourth-order valence-corrected chi connectivity index (χ4v) is 5.66. The summed E-state index contributed by atoms with van der Waals surface area (Å²) < 4.78 is -1.13. The molecule has 3 N–H and O–H groups in total. The molecule has 0 aromatic heterocycles. The number of nitrogens with one attached hydrogen (secondary N) is 3. The van der Waals surface area contributed by atoms with Crippen LogP contribution in [0.1, 0.15) is 53.0 Å². The van der Waals surface area contributed by atoms with Crippen molar-refractivity contribution < 1.29 is 24.0 Å². The molecule has 1 unspecified atom stereocenters. The van der Waals surface area contributed by atoms with Gasteiger partial charge in [0.1, 0.15) is 10.4 Å². The van der Waals surface area contributed by atoms with Crippen molar-refractivity contribution in [3.05, 3.63) is 35.9 Å². The van der Waals surface area contributed by atoms with Gasteiger partial charge in [-0.3, -0.25) is 24.0 Å². The van der Waals surface area contributed by atoms with Gasteiger partial charge in [0.25, 0.3) is 5.91 Å². The van der Waals surface area contributed by atoms with E-state index in [4.69, 9.17) is 23.2 Å². The molecule has 3 rings (SSSR count). The number of piperidine rings is 1. The summed E-state index contributed by atoms with van der Waals surface area (Å²) in [5, 5.41) is 7.67. The van der Waals surface area contributed by atoms with E-state index in [2.05, 4.69) is 16.0 Å². The van der Waals surface area contributed by atoms with Crippen LogP contribution in [0.5, 0.6) is 0 Å². The quantitative estimate of drug-likeness (QED) is 0.274. The lowest BCUT2D eigenvalue weighted by atomic mass is 9.81. The Hall–Kier alpha value is -2.65. The average Bonchev–Trinajstić information content (AvgIpc) is 3.21. The topological polar surface area (TPSA) is 125 Å². The third-order valence-electron chi connectivity index (χ3n) is 7.73. The molecule has 1 aromatic carbocycles. The highest BCUT2D eigenvalue weighted by Crippen LogP contribution is 2.65. The van der Waals surface area contributed by atoms with Crippen LogP contribution in [-0.2, 0) is 30.5 Å².